The van der Waals surface area contributed by atoms with Crippen LogP contribution in [0.1, 0.15) is 15.9 Å². The molecule has 0 saturated heterocycles. The maximum absolute atomic E-state index is 12.2. The molecule has 0 aromatic heterocycles. The van der Waals surface area contributed by atoms with Gasteiger partial charge in [0.05, 0.1) is 5.56 Å². The number of rotatable bonds is 2. The summed E-state index contributed by atoms with van der Waals surface area (Å²) in [5, 5.41) is 3.47. The molecule has 0 aliphatic heterocycles. The van der Waals surface area contributed by atoms with Gasteiger partial charge in [-0.3, -0.25) is 4.79 Å². The van der Waals surface area contributed by atoms with Crippen molar-refractivity contribution >= 4 is 55.1 Å². The lowest BCUT2D eigenvalue weighted by atomic mass is 10.1. The van der Waals surface area contributed by atoms with Crippen LogP contribution < -0.4 is 5.32 Å². The topological polar surface area (TPSA) is 29.1 Å². The maximum Gasteiger partial charge on any atom is 0.256 e. The van der Waals surface area contributed by atoms with Gasteiger partial charge in [0.1, 0.15) is 0 Å². The van der Waals surface area contributed by atoms with Gasteiger partial charge >= 0.3 is 0 Å². The molecule has 0 spiro atoms. The van der Waals surface area contributed by atoms with Gasteiger partial charge in [-0.05, 0) is 58.7 Å². The average Bonchev–Trinajstić information content (AvgIpc) is 2.34. The highest BCUT2D eigenvalue weighted by atomic mass is 79.9. The lowest BCUT2D eigenvalue weighted by molar-refractivity contribution is 0.102. The van der Waals surface area contributed by atoms with E-state index >= 15 is 0 Å². The minimum absolute atomic E-state index is 0.176. The van der Waals surface area contributed by atoms with Crippen LogP contribution in [-0.2, 0) is 0 Å². The molecule has 19 heavy (non-hydrogen) atoms. The molecule has 98 valence electrons. The van der Waals surface area contributed by atoms with Crippen molar-refractivity contribution in [2.75, 3.05) is 5.32 Å². The first-order chi connectivity index (χ1) is 8.99. The molecule has 0 fully saturated rings. The monoisotopic (exact) mass is 401 g/mol. The highest BCUT2D eigenvalue weighted by Gasteiger charge is 2.12. The lowest BCUT2D eigenvalue weighted by Crippen LogP contribution is -2.13. The van der Waals surface area contributed by atoms with E-state index in [1.807, 2.05) is 25.1 Å². The van der Waals surface area contributed by atoms with Crippen LogP contribution in [-0.4, -0.2) is 5.91 Å². The van der Waals surface area contributed by atoms with Gasteiger partial charge in [-0.2, -0.15) is 0 Å². The van der Waals surface area contributed by atoms with Crippen LogP contribution in [0, 0.1) is 6.92 Å². The Morgan fingerprint density at radius 2 is 1.89 bits per heavy atom. The Morgan fingerprint density at radius 1 is 1.16 bits per heavy atom. The van der Waals surface area contributed by atoms with Gasteiger partial charge in [0.15, 0.2) is 0 Å². The van der Waals surface area contributed by atoms with E-state index < -0.39 is 0 Å². The third-order valence-corrected chi connectivity index (χ3v) is 4.44. The summed E-state index contributed by atoms with van der Waals surface area (Å²) in [4.78, 5) is 12.2. The first kappa shape index (κ1) is 14.6. The van der Waals surface area contributed by atoms with Crippen molar-refractivity contribution < 1.29 is 4.79 Å². The van der Waals surface area contributed by atoms with E-state index in [9.17, 15) is 4.79 Å². The van der Waals surface area contributed by atoms with Gasteiger partial charge in [0, 0.05) is 19.7 Å². The van der Waals surface area contributed by atoms with Gasteiger partial charge < -0.3 is 5.32 Å². The summed E-state index contributed by atoms with van der Waals surface area (Å²) in [6, 6.07) is 10.8. The second-order valence-corrected chi connectivity index (χ2v) is 6.14. The van der Waals surface area contributed by atoms with Crippen molar-refractivity contribution in [2.45, 2.75) is 6.92 Å². The number of carbonyl (C=O) groups is 1. The molecule has 0 radical (unpaired) electrons. The molecule has 1 N–H and O–H groups in total. The summed E-state index contributed by atoms with van der Waals surface area (Å²) in [5.74, 6) is -0.176. The zero-order chi connectivity index (χ0) is 14.0. The molecule has 0 aliphatic rings. The normalized spacial score (nSPS) is 10.3. The summed E-state index contributed by atoms with van der Waals surface area (Å²) in [6.07, 6.45) is 0. The molecule has 5 heteroatoms. The molecule has 1 amide bonds. The summed E-state index contributed by atoms with van der Waals surface area (Å²) in [6.45, 7) is 1.94. The molecule has 0 atom stereocenters. The van der Waals surface area contributed by atoms with Crippen molar-refractivity contribution in [3.8, 4) is 0 Å². The van der Waals surface area contributed by atoms with E-state index in [1.54, 1.807) is 18.2 Å². The SMILES string of the molecule is Cc1c(Br)cccc1NC(=O)c1ccc(Cl)cc1Br. The molecule has 2 aromatic carbocycles. The predicted octanol–water partition coefficient (Wildman–Crippen LogP) is 5.43. The van der Waals surface area contributed by atoms with Crippen molar-refractivity contribution in [3.63, 3.8) is 0 Å². The van der Waals surface area contributed by atoms with Crippen molar-refractivity contribution in [1.29, 1.82) is 0 Å². The fourth-order valence-electron chi connectivity index (χ4n) is 1.61. The molecule has 0 heterocycles. The first-order valence-electron chi connectivity index (χ1n) is 5.50. The average molecular weight is 404 g/mol. The predicted molar refractivity (Wildman–Crippen MR) is 86.0 cm³/mol. The van der Waals surface area contributed by atoms with Crippen LogP contribution >= 0.6 is 43.5 Å². The molecule has 0 bridgehead atoms. The zero-order valence-corrected chi connectivity index (χ0v) is 13.9. The van der Waals surface area contributed by atoms with Crippen LogP contribution in [0.15, 0.2) is 45.3 Å². The van der Waals surface area contributed by atoms with E-state index in [0.29, 0.717) is 15.1 Å². The number of carbonyl (C=O) groups excluding carboxylic acids is 1. The molecular weight excluding hydrogens is 393 g/mol. The van der Waals surface area contributed by atoms with Crippen molar-refractivity contribution in [1.82, 2.24) is 0 Å². The minimum Gasteiger partial charge on any atom is -0.322 e. The quantitative estimate of drug-likeness (QED) is 0.712. The fraction of sp³-hybridized carbons (Fsp3) is 0.0714. The van der Waals surface area contributed by atoms with Crippen LogP contribution in [0.5, 0.6) is 0 Å². The Kier molecular flexibility index (Phi) is 4.66. The number of halogens is 3. The van der Waals surface area contributed by atoms with E-state index in [4.69, 9.17) is 11.6 Å². The van der Waals surface area contributed by atoms with Crippen LogP contribution in [0.3, 0.4) is 0 Å². The number of amides is 1. The fourth-order valence-corrected chi connectivity index (χ4v) is 2.84. The smallest absolute Gasteiger partial charge is 0.256 e. The number of hydrogen-bond acceptors (Lipinski definition) is 1. The Labute approximate surface area is 133 Å². The van der Waals surface area contributed by atoms with E-state index in [1.165, 1.54) is 0 Å². The van der Waals surface area contributed by atoms with Gasteiger partial charge in [-0.1, -0.05) is 33.6 Å². The van der Waals surface area contributed by atoms with Gasteiger partial charge in [-0.25, -0.2) is 0 Å². The minimum atomic E-state index is -0.176. The molecule has 2 aromatic rings. The first-order valence-corrected chi connectivity index (χ1v) is 7.47. The van der Waals surface area contributed by atoms with E-state index in [2.05, 4.69) is 37.2 Å². The molecule has 0 saturated carbocycles. The third-order valence-electron chi connectivity index (χ3n) is 2.69. The number of hydrogen-bond donors (Lipinski definition) is 1. The summed E-state index contributed by atoms with van der Waals surface area (Å²) in [7, 11) is 0. The van der Waals surface area contributed by atoms with Crippen molar-refractivity contribution in [3.05, 3.63) is 61.5 Å². The Hall–Kier alpha value is -0.840. The highest BCUT2D eigenvalue weighted by Crippen LogP contribution is 2.26. The van der Waals surface area contributed by atoms with Gasteiger partial charge in [-0.15, -0.1) is 0 Å². The summed E-state index contributed by atoms with van der Waals surface area (Å²) < 4.78 is 1.63. The lowest BCUT2D eigenvalue weighted by Gasteiger charge is -2.10. The van der Waals surface area contributed by atoms with E-state index in [-0.39, 0.29) is 5.91 Å². The highest BCUT2D eigenvalue weighted by molar-refractivity contribution is 9.10. The van der Waals surface area contributed by atoms with Gasteiger partial charge in [0.25, 0.3) is 5.91 Å². The number of benzene rings is 2. The van der Waals surface area contributed by atoms with Crippen molar-refractivity contribution in [2.24, 2.45) is 0 Å². The molecule has 0 unspecified atom stereocenters. The van der Waals surface area contributed by atoms with Crippen LogP contribution in [0.25, 0.3) is 0 Å². The maximum atomic E-state index is 12.2. The molecular formula is C14H10Br2ClNO. The Bertz CT molecular complexity index is 643. The number of anilines is 1. The summed E-state index contributed by atoms with van der Waals surface area (Å²) >= 11 is 12.6. The molecule has 2 nitrogen and oxygen atoms in total. The Morgan fingerprint density at radius 3 is 2.58 bits per heavy atom. The third kappa shape index (κ3) is 3.38. The summed E-state index contributed by atoms with van der Waals surface area (Å²) in [5.41, 5.74) is 2.31. The second-order valence-electron chi connectivity index (χ2n) is 3.99. The van der Waals surface area contributed by atoms with Crippen LogP contribution in [0.2, 0.25) is 5.02 Å². The van der Waals surface area contributed by atoms with Crippen LogP contribution in [0.4, 0.5) is 5.69 Å². The van der Waals surface area contributed by atoms with Gasteiger partial charge in [0.2, 0.25) is 0 Å². The largest absolute Gasteiger partial charge is 0.322 e. The molecule has 2 rings (SSSR count). The standard InChI is InChI=1S/C14H10Br2ClNO/c1-8-11(15)3-2-4-13(8)18-14(19)10-6-5-9(17)7-12(10)16/h2-7H,1H3,(H,18,19). The zero-order valence-electron chi connectivity index (χ0n) is 10.0. The number of nitrogens with one attached hydrogen (secondary N) is 1. The van der Waals surface area contributed by atoms with E-state index in [0.717, 1.165) is 15.7 Å². The Balaban J connectivity index is 2.28. The molecule has 0 aliphatic carbocycles. The second kappa shape index (κ2) is 6.07.